The van der Waals surface area contributed by atoms with Crippen LogP contribution in [-0.4, -0.2) is 73.6 Å². The number of aryl methyl sites for hydroxylation is 2. The molecule has 248 valence electrons. The normalized spacial score (nSPS) is 15.7. The Labute approximate surface area is 272 Å². The summed E-state index contributed by atoms with van der Waals surface area (Å²) in [4.78, 5) is 35.4. The first-order chi connectivity index (χ1) is 22.3. The van der Waals surface area contributed by atoms with E-state index >= 15 is 4.39 Å². The standard InChI is InChI=1S/C37H48FN3O5/c1-5-37(38,30-25-32(44-2)35(46-4)33(26-30)45-3)36(43)41-24-12-18-31(41)19-20-34(42)40(22-10-16-28-13-7-6-8-14-28)23-11-17-29-15-9-21-39-27-29/h6-9,13-15,21,25-27,31H,5,10-12,16-20,22-24H2,1-4H3/t31-,37?/m0/s1. The highest BCUT2D eigenvalue weighted by atomic mass is 19.1. The van der Waals surface area contributed by atoms with Crippen molar-refractivity contribution in [2.24, 2.45) is 0 Å². The Bertz CT molecular complexity index is 1340. The molecule has 0 saturated carbocycles. The molecule has 0 spiro atoms. The van der Waals surface area contributed by atoms with Gasteiger partial charge in [-0.25, -0.2) is 4.39 Å². The van der Waals surface area contributed by atoms with Crippen molar-refractivity contribution in [3.05, 3.63) is 83.7 Å². The quantitative estimate of drug-likeness (QED) is 0.168. The number of methoxy groups -OCH3 is 3. The lowest BCUT2D eigenvalue weighted by atomic mass is 9.90. The second-order valence-electron chi connectivity index (χ2n) is 11.8. The topological polar surface area (TPSA) is 81.2 Å². The van der Waals surface area contributed by atoms with Gasteiger partial charge in [0.25, 0.3) is 5.91 Å². The smallest absolute Gasteiger partial charge is 0.265 e. The van der Waals surface area contributed by atoms with Gasteiger partial charge in [-0.3, -0.25) is 14.6 Å². The summed E-state index contributed by atoms with van der Waals surface area (Å²) in [6.07, 6.45) is 9.34. The van der Waals surface area contributed by atoms with Crippen LogP contribution in [0, 0.1) is 0 Å². The largest absolute Gasteiger partial charge is 0.493 e. The molecule has 2 amide bonds. The third-order valence-corrected chi connectivity index (χ3v) is 8.98. The molecule has 8 nitrogen and oxygen atoms in total. The lowest BCUT2D eigenvalue weighted by molar-refractivity contribution is -0.146. The van der Waals surface area contributed by atoms with Crippen molar-refractivity contribution in [3.8, 4) is 17.2 Å². The molecule has 1 saturated heterocycles. The average Bonchev–Trinajstić information content (AvgIpc) is 3.58. The van der Waals surface area contributed by atoms with Crippen LogP contribution >= 0.6 is 0 Å². The molecule has 1 fully saturated rings. The summed E-state index contributed by atoms with van der Waals surface area (Å²) in [5.41, 5.74) is 0.282. The maximum absolute atomic E-state index is 16.8. The van der Waals surface area contributed by atoms with Gasteiger partial charge in [-0.1, -0.05) is 43.3 Å². The molecular weight excluding hydrogens is 585 g/mol. The van der Waals surface area contributed by atoms with E-state index < -0.39 is 11.6 Å². The molecule has 46 heavy (non-hydrogen) atoms. The van der Waals surface area contributed by atoms with E-state index in [0.29, 0.717) is 49.7 Å². The van der Waals surface area contributed by atoms with Crippen LogP contribution in [-0.2, 0) is 28.1 Å². The molecule has 3 aromatic rings. The molecule has 0 bridgehead atoms. The van der Waals surface area contributed by atoms with Crippen molar-refractivity contribution < 1.29 is 28.2 Å². The minimum atomic E-state index is -2.28. The van der Waals surface area contributed by atoms with Crippen molar-refractivity contribution in [1.29, 1.82) is 0 Å². The number of hydrogen-bond acceptors (Lipinski definition) is 6. The Kier molecular flexibility index (Phi) is 12.8. The van der Waals surface area contributed by atoms with Crippen molar-refractivity contribution in [3.63, 3.8) is 0 Å². The third kappa shape index (κ3) is 8.56. The van der Waals surface area contributed by atoms with E-state index in [0.717, 1.165) is 44.1 Å². The van der Waals surface area contributed by atoms with Crippen molar-refractivity contribution in [1.82, 2.24) is 14.8 Å². The minimum absolute atomic E-state index is 0.0568. The van der Waals surface area contributed by atoms with E-state index in [1.54, 1.807) is 18.0 Å². The average molecular weight is 634 g/mol. The molecule has 2 atom stereocenters. The minimum Gasteiger partial charge on any atom is -0.493 e. The van der Waals surface area contributed by atoms with E-state index in [4.69, 9.17) is 14.2 Å². The summed E-state index contributed by atoms with van der Waals surface area (Å²) in [5, 5.41) is 0. The van der Waals surface area contributed by atoms with Crippen LogP contribution in [0.2, 0.25) is 0 Å². The molecular formula is C37H48FN3O5. The van der Waals surface area contributed by atoms with E-state index in [2.05, 4.69) is 23.2 Å². The van der Waals surface area contributed by atoms with Gasteiger partial charge in [0, 0.05) is 50.1 Å². The summed E-state index contributed by atoms with van der Waals surface area (Å²) in [6, 6.07) is 17.1. The molecule has 1 aromatic heterocycles. The zero-order valence-corrected chi connectivity index (χ0v) is 27.7. The monoisotopic (exact) mass is 633 g/mol. The summed E-state index contributed by atoms with van der Waals surface area (Å²) in [5.74, 6) is 0.408. The second-order valence-corrected chi connectivity index (χ2v) is 11.8. The van der Waals surface area contributed by atoms with Gasteiger partial charge in [-0.05, 0) is 80.7 Å². The Balaban J connectivity index is 1.43. The summed E-state index contributed by atoms with van der Waals surface area (Å²) < 4.78 is 33.1. The number of carbonyl (C=O) groups is 2. The predicted molar refractivity (Wildman–Crippen MR) is 177 cm³/mol. The molecule has 1 unspecified atom stereocenters. The van der Waals surface area contributed by atoms with Gasteiger partial charge in [-0.2, -0.15) is 0 Å². The Hall–Kier alpha value is -4.14. The lowest BCUT2D eigenvalue weighted by Crippen LogP contribution is -2.46. The lowest BCUT2D eigenvalue weighted by Gasteiger charge is -2.33. The van der Waals surface area contributed by atoms with E-state index in [9.17, 15) is 9.59 Å². The number of ether oxygens (including phenoxy) is 3. The highest BCUT2D eigenvalue weighted by Gasteiger charge is 2.46. The van der Waals surface area contributed by atoms with Crippen molar-refractivity contribution in [2.45, 2.75) is 76.4 Å². The van der Waals surface area contributed by atoms with Crippen LogP contribution in [0.1, 0.15) is 68.6 Å². The second kappa shape index (κ2) is 17.0. The maximum Gasteiger partial charge on any atom is 0.265 e. The van der Waals surface area contributed by atoms with Crippen LogP contribution in [0.25, 0.3) is 0 Å². The van der Waals surface area contributed by atoms with Gasteiger partial charge in [0.2, 0.25) is 17.3 Å². The summed E-state index contributed by atoms with van der Waals surface area (Å²) in [6.45, 7) is 3.44. The van der Waals surface area contributed by atoms with Crippen LogP contribution in [0.3, 0.4) is 0 Å². The molecule has 2 aromatic carbocycles. The number of pyridine rings is 1. The molecule has 9 heteroatoms. The highest BCUT2D eigenvalue weighted by Crippen LogP contribution is 2.44. The van der Waals surface area contributed by atoms with E-state index in [-0.39, 0.29) is 23.9 Å². The predicted octanol–water partition coefficient (Wildman–Crippen LogP) is 6.55. The Morgan fingerprint density at radius 3 is 2.20 bits per heavy atom. The Morgan fingerprint density at radius 1 is 0.957 bits per heavy atom. The number of halogens is 1. The van der Waals surface area contributed by atoms with E-state index in [1.165, 1.54) is 39.0 Å². The SMILES string of the molecule is CCC(F)(C(=O)N1CCC[C@H]1CCC(=O)N(CCCc1ccccc1)CCCc1cccnc1)c1cc(OC)c(OC)c(OC)c1. The van der Waals surface area contributed by atoms with Crippen LogP contribution in [0.5, 0.6) is 17.2 Å². The summed E-state index contributed by atoms with van der Waals surface area (Å²) >= 11 is 0. The van der Waals surface area contributed by atoms with Gasteiger partial charge in [-0.15, -0.1) is 0 Å². The number of aromatic nitrogens is 1. The number of amides is 2. The van der Waals surface area contributed by atoms with Gasteiger partial charge < -0.3 is 24.0 Å². The number of carbonyl (C=O) groups excluding carboxylic acids is 2. The molecule has 4 rings (SSSR count). The molecule has 0 N–H and O–H groups in total. The van der Waals surface area contributed by atoms with Crippen molar-refractivity contribution in [2.75, 3.05) is 41.0 Å². The number of rotatable bonds is 17. The van der Waals surface area contributed by atoms with Gasteiger partial charge in [0.05, 0.1) is 21.3 Å². The van der Waals surface area contributed by atoms with Gasteiger partial charge >= 0.3 is 0 Å². The molecule has 2 heterocycles. The fourth-order valence-electron chi connectivity index (χ4n) is 6.37. The zero-order valence-electron chi connectivity index (χ0n) is 27.7. The van der Waals surface area contributed by atoms with Crippen molar-refractivity contribution >= 4 is 11.8 Å². The highest BCUT2D eigenvalue weighted by molar-refractivity contribution is 5.87. The van der Waals surface area contributed by atoms with Crippen LogP contribution < -0.4 is 14.2 Å². The number of likely N-dealkylation sites (tertiary alicyclic amines) is 1. The molecule has 0 aliphatic carbocycles. The zero-order chi connectivity index (χ0) is 32.9. The number of hydrogen-bond donors (Lipinski definition) is 0. The van der Waals surface area contributed by atoms with Crippen LogP contribution in [0.4, 0.5) is 4.39 Å². The fourth-order valence-corrected chi connectivity index (χ4v) is 6.37. The van der Waals surface area contributed by atoms with Gasteiger partial charge in [0.1, 0.15) is 0 Å². The first-order valence-electron chi connectivity index (χ1n) is 16.4. The Morgan fingerprint density at radius 2 is 1.61 bits per heavy atom. The van der Waals surface area contributed by atoms with E-state index in [1.807, 2.05) is 35.4 Å². The summed E-state index contributed by atoms with van der Waals surface area (Å²) in [7, 11) is 4.41. The number of alkyl halides is 1. The number of nitrogens with zero attached hydrogens (tertiary/aromatic N) is 3. The van der Waals surface area contributed by atoms with Crippen LogP contribution in [0.15, 0.2) is 67.0 Å². The third-order valence-electron chi connectivity index (χ3n) is 8.98. The fraction of sp³-hybridized carbons (Fsp3) is 0.486. The molecule has 1 aliphatic heterocycles. The first-order valence-corrected chi connectivity index (χ1v) is 16.4. The molecule has 0 radical (unpaired) electrons. The maximum atomic E-state index is 16.8. The first kappa shape index (κ1) is 34.7. The molecule has 1 aliphatic rings. The van der Waals surface area contributed by atoms with Gasteiger partial charge in [0.15, 0.2) is 11.5 Å². The number of benzene rings is 2.